The number of benzene rings is 1. The quantitative estimate of drug-likeness (QED) is 0.302. The first-order valence-electron chi connectivity index (χ1n) is 13.6. The summed E-state index contributed by atoms with van der Waals surface area (Å²) in [5, 5.41) is 0. The van der Waals surface area contributed by atoms with Crippen LogP contribution in [-0.2, 0) is 0 Å². The van der Waals surface area contributed by atoms with E-state index in [0.717, 1.165) is 17.8 Å². The fourth-order valence-electron chi connectivity index (χ4n) is 5.97. The van der Waals surface area contributed by atoms with E-state index in [1.807, 2.05) is 0 Å². The Morgan fingerprint density at radius 3 is 2.00 bits per heavy atom. The smallest absolute Gasteiger partial charge is 0.0162 e. The van der Waals surface area contributed by atoms with E-state index in [9.17, 15) is 0 Å². The van der Waals surface area contributed by atoms with Crippen LogP contribution in [0.15, 0.2) is 30.3 Å². The van der Waals surface area contributed by atoms with Gasteiger partial charge in [0.1, 0.15) is 0 Å². The molecule has 0 amide bonds. The highest BCUT2D eigenvalue weighted by molar-refractivity contribution is 5.66. The van der Waals surface area contributed by atoms with Crippen LogP contribution in [0.1, 0.15) is 140 Å². The maximum atomic E-state index is 2.57. The molecular weight excluding hydrogens is 360 g/mol. The molecule has 30 heavy (non-hydrogen) atoms. The lowest BCUT2D eigenvalue weighted by atomic mass is 9.77. The second kappa shape index (κ2) is 13.4. The molecule has 0 heterocycles. The van der Waals surface area contributed by atoms with Crippen molar-refractivity contribution in [3.05, 3.63) is 41.5 Å². The van der Waals surface area contributed by atoms with Crippen LogP contribution in [0.2, 0.25) is 0 Å². The van der Waals surface area contributed by atoms with Gasteiger partial charge < -0.3 is 0 Å². The first kappa shape index (κ1) is 23.6. The zero-order chi connectivity index (χ0) is 21.0. The summed E-state index contributed by atoms with van der Waals surface area (Å²) in [6, 6.07) is 9.75. The lowest BCUT2D eigenvalue weighted by molar-refractivity contribution is 0.308. The Hall–Kier alpha value is -1.04. The summed E-state index contributed by atoms with van der Waals surface area (Å²) in [5.74, 6) is 2.77. The zero-order valence-corrected chi connectivity index (χ0v) is 20.1. The molecule has 0 saturated heterocycles. The van der Waals surface area contributed by atoms with Crippen LogP contribution in [0.3, 0.4) is 0 Å². The molecule has 0 N–H and O–H groups in total. The van der Waals surface area contributed by atoms with E-state index in [4.69, 9.17) is 0 Å². The van der Waals surface area contributed by atoms with Gasteiger partial charge in [0.25, 0.3) is 0 Å². The van der Waals surface area contributed by atoms with Crippen LogP contribution in [0.5, 0.6) is 0 Å². The summed E-state index contributed by atoms with van der Waals surface area (Å²) >= 11 is 0. The zero-order valence-electron chi connectivity index (χ0n) is 20.1. The van der Waals surface area contributed by atoms with Gasteiger partial charge in [0, 0.05) is 0 Å². The number of unbranched alkanes of at least 4 members (excludes halogenated alkanes) is 6. The summed E-state index contributed by atoms with van der Waals surface area (Å²) < 4.78 is 0. The minimum absolute atomic E-state index is 0.818. The van der Waals surface area contributed by atoms with E-state index in [2.05, 4.69) is 44.2 Å². The average Bonchev–Trinajstić information content (AvgIpc) is 2.80. The third kappa shape index (κ3) is 7.58. The summed E-state index contributed by atoms with van der Waals surface area (Å²) in [7, 11) is 0. The fraction of sp³-hybridized carbons (Fsp3) is 0.733. The van der Waals surface area contributed by atoms with Gasteiger partial charge in [-0.15, -0.1) is 0 Å². The van der Waals surface area contributed by atoms with Crippen molar-refractivity contribution in [1.29, 1.82) is 0 Å². The SMILES string of the molecule is CCCCCCCCCC1CC=C(c2ccc([C@H]3CC[C@H](CCC)CC3)cc2)CC1. The predicted octanol–water partition coefficient (Wildman–Crippen LogP) is 10.1. The molecule has 0 heteroatoms. The molecule has 2 aliphatic rings. The molecule has 1 atom stereocenters. The topological polar surface area (TPSA) is 0 Å². The van der Waals surface area contributed by atoms with Crippen molar-refractivity contribution in [2.75, 3.05) is 0 Å². The lowest BCUT2D eigenvalue weighted by Gasteiger charge is -2.29. The molecule has 0 spiro atoms. The molecule has 168 valence electrons. The van der Waals surface area contributed by atoms with Crippen LogP contribution in [0.25, 0.3) is 5.57 Å². The van der Waals surface area contributed by atoms with Crippen LogP contribution < -0.4 is 0 Å². The molecule has 0 radical (unpaired) electrons. The van der Waals surface area contributed by atoms with E-state index in [1.165, 1.54) is 115 Å². The van der Waals surface area contributed by atoms with Crippen LogP contribution in [0.4, 0.5) is 0 Å². The maximum absolute atomic E-state index is 2.57. The molecule has 2 aliphatic carbocycles. The number of rotatable bonds is 12. The first-order valence-corrected chi connectivity index (χ1v) is 13.6. The second-order valence-corrected chi connectivity index (χ2v) is 10.4. The lowest BCUT2D eigenvalue weighted by Crippen LogP contribution is -2.13. The van der Waals surface area contributed by atoms with Crippen LogP contribution in [-0.4, -0.2) is 0 Å². The highest BCUT2D eigenvalue weighted by atomic mass is 14.3. The van der Waals surface area contributed by atoms with Gasteiger partial charge in [-0.05, 0) is 79.4 Å². The predicted molar refractivity (Wildman–Crippen MR) is 134 cm³/mol. The Bertz CT molecular complexity index is 599. The Morgan fingerprint density at radius 2 is 1.37 bits per heavy atom. The standard InChI is InChI=1S/C30H48/c1-3-5-6-7-8-9-10-12-26-15-19-28(20-16-26)30-23-21-29(22-24-30)27-17-13-25(11-4-2)14-18-27/h19,21-27H,3-18,20H2,1-2H3/t25-,26?,27-. The number of hydrogen-bond donors (Lipinski definition) is 0. The molecule has 0 bridgehead atoms. The van der Waals surface area contributed by atoms with Gasteiger partial charge in [0.05, 0.1) is 0 Å². The van der Waals surface area contributed by atoms with E-state index in [1.54, 1.807) is 11.1 Å². The van der Waals surface area contributed by atoms with Crippen molar-refractivity contribution in [3.63, 3.8) is 0 Å². The van der Waals surface area contributed by atoms with E-state index in [-0.39, 0.29) is 0 Å². The van der Waals surface area contributed by atoms with E-state index in [0.29, 0.717) is 0 Å². The molecule has 1 saturated carbocycles. The molecule has 1 fully saturated rings. The highest BCUT2D eigenvalue weighted by Crippen LogP contribution is 2.38. The molecule has 3 rings (SSSR count). The molecule has 1 aromatic rings. The summed E-state index contributed by atoms with van der Waals surface area (Å²) in [4.78, 5) is 0. The van der Waals surface area contributed by atoms with Gasteiger partial charge >= 0.3 is 0 Å². The van der Waals surface area contributed by atoms with Gasteiger partial charge in [-0.2, -0.15) is 0 Å². The third-order valence-electron chi connectivity index (χ3n) is 8.03. The first-order chi connectivity index (χ1) is 14.8. The van der Waals surface area contributed by atoms with Crippen molar-refractivity contribution in [1.82, 2.24) is 0 Å². The minimum atomic E-state index is 0.818. The fourth-order valence-corrected chi connectivity index (χ4v) is 5.97. The second-order valence-electron chi connectivity index (χ2n) is 10.4. The van der Waals surface area contributed by atoms with Crippen molar-refractivity contribution in [2.24, 2.45) is 11.8 Å². The van der Waals surface area contributed by atoms with Gasteiger partial charge in [-0.3, -0.25) is 0 Å². The molecule has 1 unspecified atom stereocenters. The van der Waals surface area contributed by atoms with Crippen molar-refractivity contribution >= 4 is 5.57 Å². The largest absolute Gasteiger partial charge is 0.0804 e. The Morgan fingerprint density at radius 1 is 0.667 bits per heavy atom. The van der Waals surface area contributed by atoms with E-state index >= 15 is 0 Å². The Kier molecular flexibility index (Phi) is 10.5. The molecular formula is C30H48. The third-order valence-corrected chi connectivity index (χ3v) is 8.03. The molecule has 1 aromatic carbocycles. The van der Waals surface area contributed by atoms with Gasteiger partial charge in [0.2, 0.25) is 0 Å². The summed E-state index contributed by atoms with van der Waals surface area (Å²) in [5.41, 5.74) is 4.71. The van der Waals surface area contributed by atoms with Gasteiger partial charge in [-0.1, -0.05) is 108 Å². The van der Waals surface area contributed by atoms with Crippen molar-refractivity contribution in [3.8, 4) is 0 Å². The number of hydrogen-bond acceptors (Lipinski definition) is 0. The molecule has 0 nitrogen and oxygen atoms in total. The minimum Gasteiger partial charge on any atom is -0.0804 e. The molecule has 0 aliphatic heterocycles. The molecule has 0 aromatic heterocycles. The van der Waals surface area contributed by atoms with Gasteiger partial charge in [-0.25, -0.2) is 0 Å². The number of allylic oxidation sites excluding steroid dienone is 2. The Balaban J connectivity index is 1.38. The van der Waals surface area contributed by atoms with Crippen molar-refractivity contribution < 1.29 is 0 Å². The van der Waals surface area contributed by atoms with E-state index < -0.39 is 0 Å². The summed E-state index contributed by atoms with van der Waals surface area (Å²) in [6.45, 7) is 4.64. The Labute approximate surface area is 187 Å². The van der Waals surface area contributed by atoms with Crippen molar-refractivity contribution in [2.45, 2.75) is 129 Å². The highest BCUT2D eigenvalue weighted by Gasteiger charge is 2.22. The normalized spacial score (nSPS) is 24.6. The monoisotopic (exact) mass is 408 g/mol. The summed E-state index contributed by atoms with van der Waals surface area (Å²) in [6.07, 6.45) is 26.6. The van der Waals surface area contributed by atoms with Crippen LogP contribution in [0, 0.1) is 11.8 Å². The van der Waals surface area contributed by atoms with Gasteiger partial charge in [0.15, 0.2) is 0 Å². The average molecular weight is 409 g/mol. The maximum Gasteiger partial charge on any atom is -0.0162 e. The van der Waals surface area contributed by atoms with Crippen LogP contribution >= 0.6 is 0 Å².